The number of nitrogens with one attached hydrogen (secondary N) is 1. The van der Waals surface area contributed by atoms with Crippen LogP contribution in [0.4, 0.5) is 0 Å². The Hall–Kier alpha value is -2.92. The van der Waals surface area contributed by atoms with Crippen LogP contribution in [0, 0.1) is 0 Å². The first-order chi connectivity index (χ1) is 15.7. The Kier molecular flexibility index (Phi) is 9.51. The van der Waals surface area contributed by atoms with E-state index in [4.69, 9.17) is 0 Å². The molecule has 0 spiro atoms. The molecule has 2 aromatic carbocycles. The summed E-state index contributed by atoms with van der Waals surface area (Å²) < 4.78 is 0. The molecule has 1 unspecified atom stereocenters. The first-order valence-corrected chi connectivity index (χ1v) is 11.7. The molecule has 0 radical (unpaired) electrons. The van der Waals surface area contributed by atoms with Crippen LogP contribution in [0.25, 0.3) is 6.08 Å². The van der Waals surface area contributed by atoms with Gasteiger partial charge >= 0.3 is 0 Å². The maximum Gasteiger partial charge on any atom is 0.247 e. The monoisotopic (exact) mass is 433 g/mol. The largest absolute Gasteiger partial charge is 0.356 e. The van der Waals surface area contributed by atoms with E-state index in [0.29, 0.717) is 13.1 Å². The lowest BCUT2D eigenvalue weighted by Gasteiger charge is -2.32. The zero-order valence-corrected chi connectivity index (χ0v) is 19.1. The van der Waals surface area contributed by atoms with Crippen molar-refractivity contribution in [3.63, 3.8) is 0 Å². The topological polar surface area (TPSA) is 52.7 Å². The van der Waals surface area contributed by atoms with Crippen molar-refractivity contribution >= 4 is 17.9 Å². The highest BCUT2D eigenvalue weighted by atomic mass is 16.2. The molecule has 1 N–H and O–H groups in total. The van der Waals surface area contributed by atoms with Gasteiger partial charge in [-0.05, 0) is 56.1 Å². The molecule has 1 aliphatic heterocycles. The molecule has 1 heterocycles. The molecular formula is C27H35N3O2. The molecule has 1 saturated heterocycles. The van der Waals surface area contributed by atoms with Gasteiger partial charge in [0, 0.05) is 19.2 Å². The number of carbonyl (C=O) groups is 2. The summed E-state index contributed by atoms with van der Waals surface area (Å²) >= 11 is 0. The Balaban J connectivity index is 1.87. The summed E-state index contributed by atoms with van der Waals surface area (Å²) in [5, 5.41) is 3.06. The van der Waals surface area contributed by atoms with E-state index in [0.717, 1.165) is 50.0 Å². The standard InChI is InChI=1S/C27H35N3O2/c1-2-29-19-10-9-18-28-26(31)22-25(24-14-7-4-8-15-24)30(21-11-20-29)27(32)17-16-23-12-5-3-6-13-23/h3-8,12-17,25H,2,9-11,18-22H2,1H3,(H,28,31). The summed E-state index contributed by atoms with van der Waals surface area (Å²) in [6.45, 7) is 6.44. The summed E-state index contributed by atoms with van der Waals surface area (Å²) in [6, 6.07) is 19.5. The zero-order chi connectivity index (χ0) is 22.6. The van der Waals surface area contributed by atoms with Crippen molar-refractivity contribution in [2.45, 2.75) is 38.6 Å². The van der Waals surface area contributed by atoms with Gasteiger partial charge in [-0.2, -0.15) is 0 Å². The second-order valence-electron chi connectivity index (χ2n) is 8.25. The number of rotatable bonds is 4. The number of carbonyl (C=O) groups excluding carboxylic acids is 2. The second kappa shape index (κ2) is 12.8. The van der Waals surface area contributed by atoms with E-state index in [-0.39, 0.29) is 24.3 Å². The zero-order valence-electron chi connectivity index (χ0n) is 19.1. The molecular weight excluding hydrogens is 398 g/mol. The van der Waals surface area contributed by atoms with Crippen molar-refractivity contribution in [3.05, 3.63) is 77.9 Å². The lowest BCUT2D eigenvalue weighted by Crippen LogP contribution is -2.39. The molecule has 5 heteroatoms. The minimum atomic E-state index is -0.292. The maximum absolute atomic E-state index is 13.4. The van der Waals surface area contributed by atoms with Gasteiger partial charge in [0.25, 0.3) is 0 Å². The molecule has 1 aliphatic rings. The summed E-state index contributed by atoms with van der Waals surface area (Å²) in [4.78, 5) is 30.5. The van der Waals surface area contributed by atoms with Gasteiger partial charge in [-0.25, -0.2) is 0 Å². The van der Waals surface area contributed by atoms with Gasteiger partial charge < -0.3 is 15.1 Å². The Morgan fingerprint density at radius 2 is 1.66 bits per heavy atom. The van der Waals surface area contributed by atoms with Crippen LogP contribution in [0.5, 0.6) is 0 Å². The van der Waals surface area contributed by atoms with Crippen molar-refractivity contribution in [2.75, 3.05) is 32.7 Å². The van der Waals surface area contributed by atoms with Gasteiger partial charge in [0.2, 0.25) is 11.8 Å². The van der Waals surface area contributed by atoms with Gasteiger partial charge in [0.1, 0.15) is 0 Å². The van der Waals surface area contributed by atoms with Crippen molar-refractivity contribution in [3.8, 4) is 0 Å². The molecule has 2 amide bonds. The molecule has 0 aliphatic carbocycles. The molecule has 0 saturated carbocycles. The molecule has 32 heavy (non-hydrogen) atoms. The quantitative estimate of drug-likeness (QED) is 0.732. The van der Waals surface area contributed by atoms with Crippen molar-refractivity contribution in [1.82, 2.24) is 15.1 Å². The van der Waals surface area contributed by atoms with Gasteiger partial charge in [0.15, 0.2) is 0 Å². The van der Waals surface area contributed by atoms with E-state index in [9.17, 15) is 9.59 Å². The van der Waals surface area contributed by atoms with E-state index >= 15 is 0 Å². The SMILES string of the molecule is CCN1CCCCNC(=O)CC(c2ccccc2)N(C(=O)C=Cc2ccccc2)CCC1. The van der Waals surface area contributed by atoms with Crippen LogP contribution in [-0.2, 0) is 9.59 Å². The van der Waals surface area contributed by atoms with Gasteiger partial charge in [-0.1, -0.05) is 67.6 Å². The smallest absolute Gasteiger partial charge is 0.247 e. The van der Waals surface area contributed by atoms with Crippen molar-refractivity contribution < 1.29 is 9.59 Å². The molecule has 5 nitrogen and oxygen atoms in total. The Bertz CT molecular complexity index is 867. The Morgan fingerprint density at radius 3 is 2.38 bits per heavy atom. The van der Waals surface area contributed by atoms with Crippen LogP contribution < -0.4 is 5.32 Å². The third-order valence-electron chi connectivity index (χ3n) is 5.98. The van der Waals surface area contributed by atoms with Crippen LogP contribution in [0.3, 0.4) is 0 Å². The van der Waals surface area contributed by atoms with Gasteiger partial charge in [-0.3, -0.25) is 9.59 Å². The average Bonchev–Trinajstić information content (AvgIpc) is 2.85. The maximum atomic E-state index is 13.4. The highest BCUT2D eigenvalue weighted by Crippen LogP contribution is 2.26. The molecule has 170 valence electrons. The molecule has 2 aromatic rings. The Labute approximate surface area is 192 Å². The minimum Gasteiger partial charge on any atom is -0.356 e. The van der Waals surface area contributed by atoms with E-state index in [2.05, 4.69) is 17.1 Å². The number of amides is 2. The van der Waals surface area contributed by atoms with E-state index in [1.54, 1.807) is 6.08 Å². The van der Waals surface area contributed by atoms with Crippen LogP contribution in [0.1, 0.15) is 49.8 Å². The fourth-order valence-corrected chi connectivity index (χ4v) is 4.16. The average molecular weight is 434 g/mol. The first-order valence-electron chi connectivity index (χ1n) is 11.7. The molecule has 0 aromatic heterocycles. The summed E-state index contributed by atoms with van der Waals surface area (Å²) in [5.74, 6) is -0.0660. The summed E-state index contributed by atoms with van der Waals surface area (Å²) in [6.07, 6.45) is 6.68. The van der Waals surface area contributed by atoms with Crippen molar-refractivity contribution in [1.29, 1.82) is 0 Å². The van der Waals surface area contributed by atoms with Gasteiger partial charge in [0.05, 0.1) is 12.5 Å². The number of nitrogens with zero attached hydrogens (tertiary/aromatic N) is 2. The Morgan fingerprint density at radius 1 is 0.969 bits per heavy atom. The fraction of sp³-hybridized carbons (Fsp3) is 0.407. The van der Waals surface area contributed by atoms with Crippen molar-refractivity contribution in [2.24, 2.45) is 0 Å². The molecule has 3 rings (SSSR count). The normalized spacial score (nSPS) is 19.6. The number of benzene rings is 2. The van der Waals surface area contributed by atoms with Crippen LogP contribution in [-0.4, -0.2) is 54.3 Å². The lowest BCUT2D eigenvalue weighted by atomic mass is 10.0. The van der Waals surface area contributed by atoms with Crippen LogP contribution >= 0.6 is 0 Å². The van der Waals surface area contributed by atoms with E-state index in [1.165, 1.54) is 0 Å². The summed E-state index contributed by atoms with van der Waals surface area (Å²) in [5.41, 5.74) is 1.98. The number of hydrogen-bond donors (Lipinski definition) is 1. The minimum absolute atomic E-state index is 0.00436. The summed E-state index contributed by atoms with van der Waals surface area (Å²) in [7, 11) is 0. The number of hydrogen-bond acceptors (Lipinski definition) is 3. The predicted molar refractivity (Wildman–Crippen MR) is 130 cm³/mol. The highest BCUT2D eigenvalue weighted by molar-refractivity contribution is 5.92. The van der Waals surface area contributed by atoms with E-state index in [1.807, 2.05) is 71.6 Å². The third kappa shape index (κ3) is 7.34. The molecule has 1 atom stereocenters. The second-order valence-corrected chi connectivity index (χ2v) is 8.25. The lowest BCUT2D eigenvalue weighted by molar-refractivity contribution is -0.130. The van der Waals surface area contributed by atoms with Crippen LogP contribution in [0.2, 0.25) is 0 Å². The molecule has 0 bridgehead atoms. The fourth-order valence-electron chi connectivity index (χ4n) is 4.16. The van der Waals surface area contributed by atoms with E-state index < -0.39 is 0 Å². The van der Waals surface area contributed by atoms with Crippen LogP contribution in [0.15, 0.2) is 66.7 Å². The first kappa shape index (κ1) is 23.7. The van der Waals surface area contributed by atoms with Gasteiger partial charge in [-0.15, -0.1) is 0 Å². The molecule has 1 fully saturated rings. The third-order valence-corrected chi connectivity index (χ3v) is 5.98. The highest BCUT2D eigenvalue weighted by Gasteiger charge is 2.26. The predicted octanol–water partition coefficient (Wildman–Crippen LogP) is 4.28.